The fourth-order valence-corrected chi connectivity index (χ4v) is 2.82. The molecule has 1 N–H and O–H groups in total. The summed E-state index contributed by atoms with van der Waals surface area (Å²) in [5.41, 5.74) is 0.965. The molecule has 118 valence electrons. The number of carbonyl (C=O) groups is 2. The van der Waals surface area contributed by atoms with Crippen LogP contribution in [0.2, 0.25) is 0 Å². The molecule has 1 fully saturated rings. The normalized spacial score (nSPS) is 17.1. The maximum atomic E-state index is 13.2. The maximum absolute atomic E-state index is 13.2. The van der Waals surface area contributed by atoms with E-state index >= 15 is 0 Å². The predicted octanol–water partition coefficient (Wildman–Crippen LogP) is 3.07. The largest absolute Gasteiger partial charge is 0.327 e. The zero-order chi connectivity index (χ0) is 16.2. The van der Waals surface area contributed by atoms with E-state index in [0.717, 1.165) is 6.42 Å². The molecule has 5 heteroatoms. The minimum Gasteiger partial charge on any atom is -0.327 e. The van der Waals surface area contributed by atoms with Crippen molar-refractivity contribution in [3.05, 3.63) is 66.0 Å². The van der Waals surface area contributed by atoms with Gasteiger partial charge in [0.25, 0.3) is 5.91 Å². The number of likely N-dealkylation sites (tertiary alicyclic amines) is 1. The van der Waals surface area contributed by atoms with Gasteiger partial charge in [0, 0.05) is 17.8 Å². The van der Waals surface area contributed by atoms with Gasteiger partial charge in [-0.1, -0.05) is 24.3 Å². The van der Waals surface area contributed by atoms with Crippen molar-refractivity contribution in [3.63, 3.8) is 0 Å². The number of halogens is 1. The molecule has 0 saturated carbocycles. The van der Waals surface area contributed by atoms with Crippen LogP contribution in [0.25, 0.3) is 0 Å². The molecule has 1 heterocycles. The molecular formula is C18H17FN2O2. The monoisotopic (exact) mass is 312 g/mol. The van der Waals surface area contributed by atoms with Gasteiger partial charge in [0.1, 0.15) is 11.9 Å². The fraction of sp³-hybridized carbons (Fsp3) is 0.222. The summed E-state index contributed by atoms with van der Waals surface area (Å²) in [4.78, 5) is 26.6. The number of carbonyl (C=O) groups excluding carboxylic acids is 2. The Kier molecular flexibility index (Phi) is 4.37. The quantitative estimate of drug-likeness (QED) is 0.947. The van der Waals surface area contributed by atoms with E-state index in [0.29, 0.717) is 24.2 Å². The summed E-state index contributed by atoms with van der Waals surface area (Å²) >= 11 is 0. The molecule has 1 aliphatic heterocycles. The van der Waals surface area contributed by atoms with Gasteiger partial charge in [0.05, 0.1) is 0 Å². The Balaban J connectivity index is 1.73. The standard InChI is InChI=1S/C18H17FN2O2/c19-14-8-4-9-15(12-14)20-17(22)16-10-5-11-21(16)18(23)13-6-2-1-3-7-13/h1-4,6-9,12,16H,5,10-11H2,(H,20,22)/t16-/m1/s1. The zero-order valence-electron chi connectivity index (χ0n) is 12.5. The number of hydrogen-bond acceptors (Lipinski definition) is 2. The molecule has 1 atom stereocenters. The minimum absolute atomic E-state index is 0.150. The SMILES string of the molecule is O=C(Nc1cccc(F)c1)[C@H]1CCCN1C(=O)c1ccccc1. The molecule has 1 aliphatic rings. The van der Waals surface area contributed by atoms with Crippen LogP contribution < -0.4 is 5.32 Å². The molecule has 2 aromatic carbocycles. The van der Waals surface area contributed by atoms with Crippen LogP contribution in [0.15, 0.2) is 54.6 Å². The van der Waals surface area contributed by atoms with Crippen molar-refractivity contribution in [1.29, 1.82) is 0 Å². The highest BCUT2D eigenvalue weighted by atomic mass is 19.1. The van der Waals surface area contributed by atoms with Crippen LogP contribution in [0.3, 0.4) is 0 Å². The summed E-state index contributed by atoms with van der Waals surface area (Å²) < 4.78 is 13.2. The fourth-order valence-electron chi connectivity index (χ4n) is 2.82. The average molecular weight is 312 g/mol. The third-order valence-electron chi connectivity index (χ3n) is 3.93. The topological polar surface area (TPSA) is 49.4 Å². The highest BCUT2D eigenvalue weighted by Crippen LogP contribution is 2.22. The van der Waals surface area contributed by atoms with Gasteiger partial charge in [-0.25, -0.2) is 4.39 Å². The van der Waals surface area contributed by atoms with Gasteiger partial charge in [0.15, 0.2) is 0 Å². The van der Waals surface area contributed by atoms with E-state index in [1.54, 1.807) is 35.2 Å². The number of rotatable bonds is 3. The molecule has 0 aliphatic carbocycles. The molecule has 0 spiro atoms. The van der Waals surface area contributed by atoms with Gasteiger partial charge in [0.2, 0.25) is 5.91 Å². The number of nitrogens with one attached hydrogen (secondary N) is 1. The molecular weight excluding hydrogens is 295 g/mol. The number of hydrogen-bond donors (Lipinski definition) is 1. The van der Waals surface area contributed by atoms with Crippen molar-refractivity contribution in [2.45, 2.75) is 18.9 Å². The molecule has 2 aromatic rings. The van der Waals surface area contributed by atoms with Crippen LogP contribution in [0, 0.1) is 5.82 Å². The average Bonchev–Trinajstić information content (AvgIpc) is 3.05. The van der Waals surface area contributed by atoms with Crippen molar-refractivity contribution in [2.75, 3.05) is 11.9 Å². The van der Waals surface area contributed by atoms with Crippen molar-refractivity contribution in [3.8, 4) is 0 Å². The summed E-state index contributed by atoms with van der Waals surface area (Å²) in [6.07, 6.45) is 1.39. The number of benzene rings is 2. The van der Waals surface area contributed by atoms with E-state index in [1.165, 1.54) is 18.2 Å². The van der Waals surface area contributed by atoms with Crippen LogP contribution >= 0.6 is 0 Å². The van der Waals surface area contributed by atoms with Gasteiger partial charge >= 0.3 is 0 Å². The van der Waals surface area contributed by atoms with Gasteiger partial charge in [-0.3, -0.25) is 9.59 Å². The Bertz CT molecular complexity index is 718. The number of nitrogens with zero attached hydrogens (tertiary/aromatic N) is 1. The van der Waals surface area contributed by atoms with Crippen molar-refractivity contribution in [2.24, 2.45) is 0 Å². The zero-order valence-corrected chi connectivity index (χ0v) is 12.5. The van der Waals surface area contributed by atoms with Crippen LogP contribution in [0.1, 0.15) is 23.2 Å². The van der Waals surface area contributed by atoms with Crippen LogP contribution in [-0.2, 0) is 4.79 Å². The van der Waals surface area contributed by atoms with Gasteiger partial charge in [-0.05, 0) is 43.2 Å². The molecule has 0 unspecified atom stereocenters. The summed E-state index contributed by atoms with van der Waals surface area (Å²) in [6, 6.07) is 14.1. The first-order valence-electron chi connectivity index (χ1n) is 7.57. The van der Waals surface area contributed by atoms with E-state index in [4.69, 9.17) is 0 Å². The van der Waals surface area contributed by atoms with Gasteiger partial charge in [-0.15, -0.1) is 0 Å². The van der Waals surface area contributed by atoms with Crippen molar-refractivity contribution >= 4 is 17.5 Å². The first-order chi connectivity index (χ1) is 11.1. The van der Waals surface area contributed by atoms with Crippen LogP contribution in [-0.4, -0.2) is 29.3 Å². The molecule has 0 radical (unpaired) electrons. The highest BCUT2D eigenvalue weighted by Gasteiger charge is 2.34. The van der Waals surface area contributed by atoms with E-state index in [-0.39, 0.29) is 11.8 Å². The van der Waals surface area contributed by atoms with Crippen LogP contribution in [0.5, 0.6) is 0 Å². The first kappa shape index (κ1) is 15.2. The Morgan fingerprint density at radius 1 is 1.09 bits per heavy atom. The predicted molar refractivity (Wildman–Crippen MR) is 85.5 cm³/mol. The van der Waals surface area contributed by atoms with E-state index in [2.05, 4.69) is 5.32 Å². The van der Waals surface area contributed by atoms with Crippen LogP contribution in [0.4, 0.5) is 10.1 Å². The number of amides is 2. The maximum Gasteiger partial charge on any atom is 0.254 e. The number of anilines is 1. The second kappa shape index (κ2) is 6.60. The van der Waals surface area contributed by atoms with E-state index in [1.807, 2.05) is 6.07 Å². The third-order valence-corrected chi connectivity index (χ3v) is 3.93. The molecule has 0 bridgehead atoms. The Hall–Kier alpha value is -2.69. The lowest BCUT2D eigenvalue weighted by Gasteiger charge is -2.24. The first-order valence-corrected chi connectivity index (χ1v) is 7.57. The Morgan fingerprint density at radius 3 is 2.61 bits per heavy atom. The molecule has 3 rings (SSSR count). The highest BCUT2D eigenvalue weighted by molar-refractivity contribution is 6.01. The third kappa shape index (κ3) is 3.39. The Labute approximate surface area is 133 Å². The van der Waals surface area contributed by atoms with E-state index in [9.17, 15) is 14.0 Å². The molecule has 2 amide bonds. The minimum atomic E-state index is -0.522. The summed E-state index contributed by atoms with van der Waals surface area (Å²) in [6.45, 7) is 0.551. The van der Waals surface area contributed by atoms with Crippen molar-refractivity contribution < 1.29 is 14.0 Å². The van der Waals surface area contributed by atoms with Gasteiger partial charge < -0.3 is 10.2 Å². The molecule has 0 aromatic heterocycles. The van der Waals surface area contributed by atoms with E-state index < -0.39 is 11.9 Å². The molecule has 4 nitrogen and oxygen atoms in total. The smallest absolute Gasteiger partial charge is 0.254 e. The van der Waals surface area contributed by atoms with Crippen molar-refractivity contribution in [1.82, 2.24) is 4.90 Å². The summed E-state index contributed by atoms with van der Waals surface area (Å²) in [5, 5.41) is 2.69. The van der Waals surface area contributed by atoms with Gasteiger partial charge in [-0.2, -0.15) is 0 Å². The lowest BCUT2D eigenvalue weighted by atomic mass is 10.1. The second-order valence-electron chi connectivity index (χ2n) is 5.52. The summed E-state index contributed by atoms with van der Waals surface area (Å²) in [7, 11) is 0. The molecule has 1 saturated heterocycles. The second-order valence-corrected chi connectivity index (χ2v) is 5.52. The Morgan fingerprint density at radius 2 is 1.87 bits per heavy atom. The lowest BCUT2D eigenvalue weighted by molar-refractivity contribution is -0.119. The molecule has 23 heavy (non-hydrogen) atoms. The lowest BCUT2D eigenvalue weighted by Crippen LogP contribution is -2.43. The summed E-state index contributed by atoms with van der Waals surface area (Å²) in [5.74, 6) is -0.841.